The van der Waals surface area contributed by atoms with Gasteiger partial charge < -0.3 is 0 Å². The Balaban J connectivity index is 2.26. The highest BCUT2D eigenvalue weighted by molar-refractivity contribution is 5.96. The molecule has 0 spiro atoms. The van der Waals surface area contributed by atoms with E-state index in [0.29, 0.717) is 0 Å². The number of hydrogen-bond acceptors (Lipinski definition) is 0. The zero-order valence-electron chi connectivity index (χ0n) is 12.7. The van der Waals surface area contributed by atoms with Gasteiger partial charge >= 0.3 is 0 Å². The first-order valence-electron chi connectivity index (χ1n) is 7.24. The van der Waals surface area contributed by atoms with E-state index in [9.17, 15) is 4.39 Å². The topological polar surface area (TPSA) is 0 Å². The molecule has 0 unspecified atom stereocenters. The smallest absolute Gasteiger partial charge is 0.124 e. The molecule has 0 N–H and O–H groups in total. The molecule has 0 heterocycles. The molecule has 3 aromatic rings. The number of fused-ring (bicyclic) bond motifs is 1. The van der Waals surface area contributed by atoms with Gasteiger partial charge in [0.25, 0.3) is 0 Å². The van der Waals surface area contributed by atoms with E-state index >= 15 is 0 Å². The third-order valence-electron chi connectivity index (χ3n) is 3.86. The van der Waals surface area contributed by atoms with Crippen molar-refractivity contribution in [3.63, 3.8) is 0 Å². The van der Waals surface area contributed by atoms with Crippen LogP contribution in [0.4, 0.5) is 4.39 Å². The average Bonchev–Trinajstić information content (AvgIpc) is 2.45. The van der Waals surface area contributed by atoms with Crippen LogP contribution in [0.2, 0.25) is 0 Å². The van der Waals surface area contributed by atoms with E-state index in [4.69, 9.17) is 0 Å². The lowest BCUT2D eigenvalue weighted by molar-refractivity contribution is 0.573. The van der Waals surface area contributed by atoms with Crippen molar-refractivity contribution in [2.75, 3.05) is 0 Å². The lowest BCUT2D eigenvalue weighted by atomic mass is 9.85. The van der Waals surface area contributed by atoms with E-state index in [1.54, 1.807) is 12.1 Å². The first kappa shape index (κ1) is 13.8. The van der Waals surface area contributed by atoms with Crippen LogP contribution in [0.3, 0.4) is 0 Å². The molecular formula is C20H19F. The maximum Gasteiger partial charge on any atom is 0.124 e. The molecule has 0 bridgehead atoms. The van der Waals surface area contributed by atoms with Crippen molar-refractivity contribution >= 4 is 10.8 Å². The van der Waals surface area contributed by atoms with Crippen LogP contribution >= 0.6 is 0 Å². The minimum Gasteiger partial charge on any atom is -0.207 e. The van der Waals surface area contributed by atoms with E-state index in [-0.39, 0.29) is 11.2 Å². The van der Waals surface area contributed by atoms with Gasteiger partial charge in [-0.25, -0.2) is 4.39 Å². The van der Waals surface area contributed by atoms with Gasteiger partial charge in [-0.3, -0.25) is 0 Å². The zero-order chi connectivity index (χ0) is 15.0. The fourth-order valence-electron chi connectivity index (χ4n) is 2.66. The van der Waals surface area contributed by atoms with Crippen LogP contribution in [-0.2, 0) is 5.41 Å². The van der Waals surface area contributed by atoms with E-state index in [1.165, 1.54) is 5.39 Å². The first-order valence-corrected chi connectivity index (χ1v) is 7.24. The Kier molecular flexibility index (Phi) is 3.29. The number of benzene rings is 3. The molecule has 0 aliphatic heterocycles. The van der Waals surface area contributed by atoms with Gasteiger partial charge in [-0.15, -0.1) is 0 Å². The van der Waals surface area contributed by atoms with Crippen LogP contribution in [0.25, 0.3) is 21.9 Å². The highest BCUT2D eigenvalue weighted by Crippen LogP contribution is 2.32. The van der Waals surface area contributed by atoms with Crippen molar-refractivity contribution in [2.45, 2.75) is 26.2 Å². The Bertz CT molecular complexity index is 789. The molecule has 0 atom stereocenters. The standard InChI is InChI=1S/C20H19F/c1-20(2,3)16-11-15(12-17(21)13-16)19-10-6-8-14-7-4-5-9-18(14)19/h4-13H,1-3H3. The van der Waals surface area contributed by atoms with Gasteiger partial charge in [0.05, 0.1) is 0 Å². The number of rotatable bonds is 1. The van der Waals surface area contributed by atoms with Crippen molar-refractivity contribution in [2.24, 2.45) is 0 Å². The maximum absolute atomic E-state index is 14.0. The molecule has 0 saturated heterocycles. The van der Waals surface area contributed by atoms with Gasteiger partial charge in [-0.2, -0.15) is 0 Å². The molecule has 21 heavy (non-hydrogen) atoms. The molecule has 0 radical (unpaired) electrons. The van der Waals surface area contributed by atoms with Gasteiger partial charge in [0.2, 0.25) is 0 Å². The van der Waals surface area contributed by atoms with Gasteiger partial charge in [0.1, 0.15) is 5.82 Å². The normalized spacial score (nSPS) is 11.8. The summed E-state index contributed by atoms with van der Waals surface area (Å²) in [5.41, 5.74) is 2.97. The summed E-state index contributed by atoms with van der Waals surface area (Å²) in [6.45, 7) is 6.32. The molecule has 3 rings (SSSR count). The molecule has 0 aliphatic carbocycles. The molecule has 3 aromatic carbocycles. The van der Waals surface area contributed by atoms with E-state index in [0.717, 1.165) is 22.1 Å². The summed E-state index contributed by atoms with van der Waals surface area (Å²) in [6.07, 6.45) is 0. The molecule has 0 aromatic heterocycles. The molecule has 0 amide bonds. The van der Waals surface area contributed by atoms with Crippen LogP contribution < -0.4 is 0 Å². The van der Waals surface area contributed by atoms with E-state index < -0.39 is 0 Å². The third kappa shape index (κ3) is 2.69. The SMILES string of the molecule is CC(C)(C)c1cc(F)cc(-c2cccc3ccccc23)c1. The van der Waals surface area contributed by atoms with Gasteiger partial charge in [0.15, 0.2) is 0 Å². The molecule has 1 heteroatoms. The lowest BCUT2D eigenvalue weighted by Gasteiger charge is -2.20. The molecule has 0 fully saturated rings. The second kappa shape index (κ2) is 5.00. The van der Waals surface area contributed by atoms with E-state index in [2.05, 4.69) is 51.1 Å². The van der Waals surface area contributed by atoms with E-state index in [1.807, 2.05) is 18.2 Å². The molecule has 0 saturated carbocycles. The quantitative estimate of drug-likeness (QED) is 0.516. The van der Waals surface area contributed by atoms with Crippen molar-refractivity contribution in [1.29, 1.82) is 0 Å². The summed E-state index contributed by atoms with van der Waals surface area (Å²) < 4.78 is 14.0. The summed E-state index contributed by atoms with van der Waals surface area (Å²) in [5.74, 6) is -0.176. The van der Waals surface area contributed by atoms with Crippen LogP contribution in [0.15, 0.2) is 60.7 Å². The highest BCUT2D eigenvalue weighted by atomic mass is 19.1. The summed E-state index contributed by atoms with van der Waals surface area (Å²) in [4.78, 5) is 0. The minimum atomic E-state index is -0.176. The Labute approximate surface area is 125 Å². The van der Waals surface area contributed by atoms with Crippen LogP contribution in [0.1, 0.15) is 26.3 Å². The largest absolute Gasteiger partial charge is 0.207 e. The Hall–Kier alpha value is -2.15. The van der Waals surface area contributed by atoms with Crippen LogP contribution in [-0.4, -0.2) is 0 Å². The van der Waals surface area contributed by atoms with Crippen LogP contribution in [0.5, 0.6) is 0 Å². The zero-order valence-corrected chi connectivity index (χ0v) is 12.7. The number of hydrogen-bond donors (Lipinski definition) is 0. The summed E-state index contributed by atoms with van der Waals surface area (Å²) >= 11 is 0. The second-order valence-corrected chi connectivity index (χ2v) is 6.51. The average molecular weight is 278 g/mol. The Morgan fingerprint density at radius 3 is 2.29 bits per heavy atom. The monoisotopic (exact) mass is 278 g/mol. The predicted octanol–water partition coefficient (Wildman–Crippen LogP) is 5.94. The summed E-state index contributed by atoms with van der Waals surface area (Å²) in [7, 11) is 0. The highest BCUT2D eigenvalue weighted by Gasteiger charge is 2.16. The predicted molar refractivity (Wildman–Crippen MR) is 88.0 cm³/mol. The second-order valence-electron chi connectivity index (χ2n) is 6.51. The van der Waals surface area contributed by atoms with Gasteiger partial charge in [-0.05, 0) is 45.0 Å². The first-order chi connectivity index (χ1) is 9.95. The third-order valence-corrected chi connectivity index (χ3v) is 3.86. The van der Waals surface area contributed by atoms with Crippen molar-refractivity contribution < 1.29 is 4.39 Å². The molecule has 0 aliphatic rings. The van der Waals surface area contributed by atoms with Gasteiger partial charge in [0, 0.05) is 0 Å². The number of halogens is 1. The van der Waals surface area contributed by atoms with Crippen molar-refractivity contribution in [3.8, 4) is 11.1 Å². The van der Waals surface area contributed by atoms with Crippen molar-refractivity contribution in [3.05, 3.63) is 72.0 Å². The minimum absolute atomic E-state index is 0.0680. The Morgan fingerprint density at radius 2 is 1.52 bits per heavy atom. The molecule has 106 valence electrons. The summed E-state index contributed by atoms with van der Waals surface area (Å²) in [6, 6.07) is 19.8. The Morgan fingerprint density at radius 1 is 0.810 bits per heavy atom. The molecular weight excluding hydrogens is 259 g/mol. The molecule has 0 nitrogen and oxygen atoms in total. The fourth-order valence-corrected chi connectivity index (χ4v) is 2.66. The van der Waals surface area contributed by atoms with Crippen LogP contribution in [0, 0.1) is 5.82 Å². The van der Waals surface area contributed by atoms with Gasteiger partial charge in [-0.1, -0.05) is 69.3 Å². The fraction of sp³-hybridized carbons (Fsp3) is 0.200. The van der Waals surface area contributed by atoms with Crippen molar-refractivity contribution in [1.82, 2.24) is 0 Å². The maximum atomic E-state index is 14.0. The lowest BCUT2D eigenvalue weighted by Crippen LogP contribution is -2.11. The summed E-state index contributed by atoms with van der Waals surface area (Å²) in [5, 5.41) is 2.34.